The first-order valence-corrected chi connectivity index (χ1v) is 24.9. The Bertz CT molecular complexity index is 3930. The number of benzene rings is 10. The van der Waals surface area contributed by atoms with Crippen molar-refractivity contribution >= 4 is 39.0 Å². The number of fused-ring (bicyclic) bond motifs is 15. The van der Waals surface area contributed by atoms with Crippen molar-refractivity contribution in [1.82, 2.24) is 0 Å². The fourth-order valence-electron chi connectivity index (χ4n) is 12.5. The Morgan fingerprint density at radius 2 is 0.930 bits per heavy atom. The number of furan rings is 1. The molecule has 1 aromatic heterocycles. The summed E-state index contributed by atoms with van der Waals surface area (Å²) in [6, 6.07) is 80.6. The van der Waals surface area contributed by atoms with Gasteiger partial charge in [-0.25, -0.2) is 0 Å². The van der Waals surface area contributed by atoms with E-state index < -0.39 is 5.41 Å². The zero-order valence-electron chi connectivity index (χ0n) is 40.5. The highest BCUT2D eigenvalue weighted by molar-refractivity contribution is 6.12. The van der Waals surface area contributed by atoms with E-state index in [0.717, 1.165) is 83.9 Å². The first-order chi connectivity index (χ1) is 34.6. The maximum atomic E-state index is 7.34. The average Bonchev–Trinajstić information content (AvgIpc) is 4.00. The Labute approximate surface area is 415 Å². The first kappa shape index (κ1) is 41.6. The van der Waals surface area contributed by atoms with Gasteiger partial charge in [0.1, 0.15) is 22.7 Å². The Morgan fingerprint density at radius 3 is 1.65 bits per heavy atom. The lowest BCUT2D eigenvalue weighted by Crippen LogP contribution is -2.32. The third-order valence-electron chi connectivity index (χ3n) is 15.9. The second-order valence-electron chi connectivity index (χ2n) is 21.2. The molecule has 0 atom stereocenters. The van der Waals surface area contributed by atoms with Crippen LogP contribution in [0.5, 0.6) is 11.5 Å². The van der Waals surface area contributed by atoms with Crippen molar-refractivity contribution < 1.29 is 9.15 Å². The molecule has 1 spiro atoms. The van der Waals surface area contributed by atoms with Gasteiger partial charge in [0.2, 0.25) is 0 Å². The minimum atomic E-state index is -0.670. The molecule has 3 heteroatoms. The monoisotopic (exact) mass is 913 g/mol. The molecule has 1 aliphatic heterocycles. The van der Waals surface area contributed by atoms with E-state index in [1.165, 1.54) is 50.1 Å². The maximum absolute atomic E-state index is 7.34. The van der Waals surface area contributed by atoms with E-state index in [4.69, 9.17) is 9.15 Å². The average molecular weight is 914 g/mol. The van der Waals surface area contributed by atoms with E-state index in [-0.39, 0.29) is 10.8 Å². The molecule has 0 radical (unpaired) electrons. The second kappa shape index (κ2) is 15.1. The molecule has 0 bridgehead atoms. The van der Waals surface area contributed by atoms with Gasteiger partial charge in [-0.05, 0) is 127 Å². The molecule has 0 N–H and O–H groups in total. The number of rotatable bonds is 5. The van der Waals surface area contributed by atoms with Gasteiger partial charge in [0.15, 0.2) is 0 Å². The third kappa shape index (κ3) is 5.96. The molecule has 0 unspecified atom stereocenters. The normalized spacial score (nSPS) is 14.3. The van der Waals surface area contributed by atoms with Gasteiger partial charge in [-0.15, -0.1) is 0 Å². The summed E-state index contributed by atoms with van der Waals surface area (Å²) in [5, 5.41) is 2.25. The van der Waals surface area contributed by atoms with Crippen molar-refractivity contribution in [2.24, 2.45) is 0 Å². The van der Waals surface area contributed by atoms with Crippen molar-refractivity contribution in [1.29, 1.82) is 0 Å². The van der Waals surface area contributed by atoms with Gasteiger partial charge in [0.05, 0.1) is 5.41 Å². The summed E-state index contributed by atoms with van der Waals surface area (Å²) in [5.41, 5.74) is 22.4. The zero-order chi connectivity index (χ0) is 47.8. The number of nitrogens with zero attached hydrogens (tertiary/aromatic N) is 1. The lowest BCUT2D eigenvalue weighted by molar-refractivity contribution is 0.438. The van der Waals surface area contributed by atoms with Crippen LogP contribution in [0, 0.1) is 0 Å². The summed E-state index contributed by atoms with van der Waals surface area (Å²) in [6.07, 6.45) is 0. The highest BCUT2D eigenvalue weighted by Crippen LogP contribution is 2.64. The lowest BCUT2D eigenvalue weighted by Gasteiger charge is -2.41. The molecule has 3 aliphatic rings. The Morgan fingerprint density at radius 1 is 0.394 bits per heavy atom. The molecule has 11 aromatic rings. The van der Waals surface area contributed by atoms with Crippen molar-refractivity contribution in [3.8, 4) is 56.0 Å². The number of para-hydroxylation sites is 2. The van der Waals surface area contributed by atoms with Crippen LogP contribution in [-0.2, 0) is 16.2 Å². The summed E-state index contributed by atoms with van der Waals surface area (Å²) in [6.45, 7) is 11.6. The lowest BCUT2D eigenvalue weighted by atomic mass is 9.65. The zero-order valence-corrected chi connectivity index (χ0v) is 40.5. The van der Waals surface area contributed by atoms with Crippen LogP contribution in [-0.4, -0.2) is 0 Å². The Kier molecular flexibility index (Phi) is 8.81. The van der Waals surface area contributed by atoms with Gasteiger partial charge >= 0.3 is 0 Å². The molecule has 71 heavy (non-hydrogen) atoms. The molecular formula is C68H51NO2. The highest BCUT2D eigenvalue weighted by atomic mass is 16.5. The standard InChI is InChI=1S/C68H51NO2/c1-66(2,3)44-33-29-43(30-34-44)54-39-47(41-60-65(54)71-62-27-15-13-25-58(62)68(60)56-23-11-7-18-50(56)51-19-8-12-24-57(51)68)69(46-37-38-52-49-17-6-10-22-55(49)67(4,5)59(52)40-46)45-35-31-42(32-36-45)48-21-16-28-63-64(48)53-20-9-14-26-61(53)70-63/h6-41H,1-5H3. The SMILES string of the molecule is CC(C)(C)c1ccc(-c2cc(N(c3ccc(-c4cccc5oc6ccccc6c45)cc3)c3ccc4c(c3)C(C)(C)c3ccccc3-4)cc3c2Oc2ccccc2C32c3ccccc3-c3ccccc32)cc1. The number of hydrogen-bond acceptors (Lipinski definition) is 3. The van der Waals surface area contributed by atoms with Crippen LogP contribution in [0.1, 0.15) is 73.6 Å². The Balaban J connectivity index is 1.05. The first-order valence-electron chi connectivity index (χ1n) is 24.9. The van der Waals surface area contributed by atoms with Crippen LogP contribution in [0.2, 0.25) is 0 Å². The highest BCUT2D eigenvalue weighted by Gasteiger charge is 2.52. The van der Waals surface area contributed by atoms with Crippen LogP contribution in [0.4, 0.5) is 17.1 Å². The summed E-state index contributed by atoms with van der Waals surface area (Å²) in [4.78, 5) is 2.48. The molecule has 2 aliphatic carbocycles. The number of anilines is 3. The Hall–Kier alpha value is -8.40. The second-order valence-corrected chi connectivity index (χ2v) is 21.2. The molecule has 3 nitrogen and oxygen atoms in total. The minimum Gasteiger partial charge on any atom is -0.456 e. The molecule has 340 valence electrons. The van der Waals surface area contributed by atoms with Gasteiger partial charge in [-0.1, -0.05) is 198 Å². The number of ether oxygens (including phenoxy) is 1. The molecule has 10 aromatic carbocycles. The molecule has 0 amide bonds. The minimum absolute atomic E-state index is 0.00320. The van der Waals surface area contributed by atoms with E-state index in [1.807, 2.05) is 6.07 Å². The van der Waals surface area contributed by atoms with Crippen LogP contribution in [0.3, 0.4) is 0 Å². The molecule has 0 saturated carbocycles. The fourth-order valence-corrected chi connectivity index (χ4v) is 12.5. The third-order valence-corrected chi connectivity index (χ3v) is 15.9. The predicted molar refractivity (Wildman–Crippen MR) is 293 cm³/mol. The van der Waals surface area contributed by atoms with Crippen molar-refractivity contribution in [2.75, 3.05) is 4.90 Å². The van der Waals surface area contributed by atoms with Gasteiger partial charge in [0, 0.05) is 49.9 Å². The van der Waals surface area contributed by atoms with E-state index in [1.54, 1.807) is 0 Å². The van der Waals surface area contributed by atoms with Crippen LogP contribution < -0.4 is 9.64 Å². The molecule has 14 rings (SSSR count). The van der Waals surface area contributed by atoms with E-state index in [9.17, 15) is 0 Å². The van der Waals surface area contributed by atoms with Crippen molar-refractivity contribution in [3.05, 3.63) is 257 Å². The summed E-state index contributed by atoms with van der Waals surface area (Å²) in [5.74, 6) is 1.75. The number of hydrogen-bond donors (Lipinski definition) is 0. The van der Waals surface area contributed by atoms with E-state index >= 15 is 0 Å². The fraction of sp³-hybridized carbons (Fsp3) is 0.118. The van der Waals surface area contributed by atoms with E-state index in [0.29, 0.717) is 0 Å². The van der Waals surface area contributed by atoms with Crippen LogP contribution in [0.25, 0.3) is 66.4 Å². The molecule has 2 heterocycles. The van der Waals surface area contributed by atoms with Gasteiger partial charge in [-0.2, -0.15) is 0 Å². The van der Waals surface area contributed by atoms with Gasteiger partial charge in [-0.3, -0.25) is 0 Å². The largest absolute Gasteiger partial charge is 0.456 e. The molecule has 0 fully saturated rings. The molecule has 0 saturated heterocycles. The summed E-state index contributed by atoms with van der Waals surface area (Å²) in [7, 11) is 0. The van der Waals surface area contributed by atoms with Crippen LogP contribution in [0.15, 0.2) is 223 Å². The summed E-state index contributed by atoms with van der Waals surface area (Å²) >= 11 is 0. The maximum Gasteiger partial charge on any atom is 0.140 e. The topological polar surface area (TPSA) is 25.6 Å². The summed E-state index contributed by atoms with van der Waals surface area (Å²) < 4.78 is 13.7. The predicted octanol–water partition coefficient (Wildman–Crippen LogP) is 18.5. The van der Waals surface area contributed by atoms with Crippen molar-refractivity contribution in [3.63, 3.8) is 0 Å². The quantitative estimate of drug-likeness (QED) is 0.172. The smallest absolute Gasteiger partial charge is 0.140 e. The van der Waals surface area contributed by atoms with Gasteiger partial charge < -0.3 is 14.1 Å². The van der Waals surface area contributed by atoms with Crippen molar-refractivity contribution in [2.45, 2.75) is 50.9 Å². The van der Waals surface area contributed by atoms with E-state index in [2.05, 4.69) is 252 Å². The van der Waals surface area contributed by atoms with Crippen LogP contribution >= 0.6 is 0 Å². The molecular weight excluding hydrogens is 863 g/mol. The van der Waals surface area contributed by atoms with Gasteiger partial charge in [0.25, 0.3) is 0 Å².